The molecule has 5 heteroatoms. The molecule has 126 valence electrons. The van der Waals surface area contributed by atoms with Gasteiger partial charge in [-0.3, -0.25) is 0 Å². The Hall–Kier alpha value is -2.95. The maximum Gasteiger partial charge on any atom is 0.407 e. The summed E-state index contributed by atoms with van der Waals surface area (Å²) < 4.78 is 10.4. The number of ether oxygens (including phenoxy) is 2. The van der Waals surface area contributed by atoms with Crippen molar-refractivity contribution < 1.29 is 14.3 Å². The lowest BCUT2D eigenvalue weighted by Gasteiger charge is -2.06. The van der Waals surface area contributed by atoms with E-state index in [1.165, 1.54) is 0 Å². The largest absolute Gasteiger partial charge is 0.496 e. The molecule has 0 unspecified atom stereocenters. The number of alkyl carbamates (subject to hydrolysis) is 1. The molecule has 0 aliphatic rings. The van der Waals surface area contributed by atoms with Crippen LogP contribution >= 0.6 is 0 Å². The van der Waals surface area contributed by atoms with E-state index in [-0.39, 0.29) is 6.61 Å². The van der Waals surface area contributed by atoms with Crippen LogP contribution in [-0.4, -0.2) is 19.7 Å². The molecule has 2 aromatic carbocycles. The Morgan fingerprint density at radius 1 is 1.21 bits per heavy atom. The number of hydrogen-bond acceptors (Lipinski definition) is 4. The molecule has 0 spiro atoms. The summed E-state index contributed by atoms with van der Waals surface area (Å²) in [6.45, 7) is 0.770. The van der Waals surface area contributed by atoms with E-state index < -0.39 is 6.09 Å². The fraction of sp³-hybridized carbons (Fsp3) is 0.211. The van der Waals surface area contributed by atoms with E-state index in [4.69, 9.17) is 15.2 Å². The number of nitrogen functional groups attached to an aromatic ring is 1. The minimum absolute atomic E-state index is 0.269. The van der Waals surface area contributed by atoms with Crippen molar-refractivity contribution in [2.75, 3.05) is 19.4 Å². The lowest BCUT2D eigenvalue weighted by molar-refractivity contribution is 0.140. The van der Waals surface area contributed by atoms with E-state index in [0.29, 0.717) is 18.7 Å². The van der Waals surface area contributed by atoms with Crippen LogP contribution in [0.1, 0.15) is 17.5 Å². The van der Waals surface area contributed by atoms with E-state index >= 15 is 0 Å². The first kappa shape index (κ1) is 17.4. The highest BCUT2D eigenvalue weighted by Gasteiger charge is 2.01. The predicted octanol–water partition coefficient (Wildman–Crippen LogP) is 3.61. The van der Waals surface area contributed by atoms with Gasteiger partial charge < -0.3 is 20.5 Å². The van der Waals surface area contributed by atoms with Crippen molar-refractivity contribution in [3.8, 4) is 5.75 Å². The molecule has 0 aromatic heterocycles. The molecule has 5 nitrogen and oxygen atoms in total. The van der Waals surface area contributed by atoms with Gasteiger partial charge in [-0.1, -0.05) is 42.5 Å². The molecule has 2 rings (SSSR count). The quantitative estimate of drug-likeness (QED) is 0.602. The van der Waals surface area contributed by atoms with Crippen molar-refractivity contribution in [1.29, 1.82) is 0 Å². The Balaban J connectivity index is 1.69. The molecule has 0 saturated carbocycles. The highest BCUT2D eigenvalue weighted by molar-refractivity contribution is 5.67. The van der Waals surface area contributed by atoms with Crippen LogP contribution in [0.25, 0.3) is 6.08 Å². The molecule has 2 aromatic rings. The lowest BCUT2D eigenvalue weighted by Crippen LogP contribution is -2.24. The highest BCUT2D eigenvalue weighted by Crippen LogP contribution is 2.22. The maximum absolute atomic E-state index is 11.6. The van der Waals surface area contributed by atoms with Crippen LogP contribution in [0.2, 0.25) is 0 Å². The molecule has 3 N–H and O–H groups in total. The van der Waals surface area contributed by atoms with Crippen molar-refractivity contribution in [1.82, 2.24) is 5.32 Å². The van der Waals surface area contributed by atoms with Crippen molar-refractivity contribution >= 4 is 17.9 Å². The molecule has 0 saturated heterocycles. The Labute approximate surface area is 142 Å². The third kappa shape index (κ3) is 5.68. The van der Waals surface area contributed by atoms with Gasteiger partial charge in [0.05, 0.1) is 7.11 Å². The summed E-state index contributed by atoms with van der Waals surface area (Å²) in [5, 5.41) is 2.71. The van der Waals surface area contributed by atoms with Crippen LogP contribution < -0.4 is 15.8 Å². The zero-order chi connectivity index (χ0) is 17.2. The number of hydrogen-bond donors (Lipinski definition) is 2. The van der Waals surface area contributed by atoms with Crippen LogP contribution in [0.4, 0.5) is 10.5 Å². The molecule has 0 aliphatic heterocycles. The van der Waals surface area contributed by atoms with Crippen LogP contribution in [0.5, 0.6) is 5.75 Å². The van der Waals surface area contributed by atoms with Gasteiger partial charge in [-0.15, -0.1) is 0 Å². The summed E-state index contributed by atoms with van der Waals surface area (Å²) in [6.07, 6.45) is 4.17. The van der Waals surface area contributed by atoms with Gasteiger partial charge in [-0.05, 0) is 24.1 Å². The second-order valence-corrected chi connectivity index (χ2v) is 5.18. The van der Waals surface area contributed by atoms with E-state index in [2.05, 4.69) is 5.32 Å². The first-order valence-corrected chi connectivity index (χ1v) is 7.73. The van der Waals surface area contributed by atoms with Crippen molar-refractivity contribution in [3.05, 3.63) is 65.7 Å². The minimum Gasteiger partial charge on any atom is -0.496 e. The summed E-state index contributed by atoms with van der Waals surface area (Å²) >= 11 is 0. The summed E-state index contributed by atoms with van der Waals surface area (Å²) in [5.74, 6) is 0.724. The van der Waals surface area contributed by atoms with Gasteiger partial charge in [0.2, 0.25) is 0 Å². The van der Waals surface area contributed by atoms with Gasteiger partial charge >= 0.3 is 6.09 Å². The topological polar surface area (TPSA) is 73.6 Å². The van der Waals surface area contributed by atoms with E-state index in [1.807, 2.05) is 54.6 Å². The van der Waals surface area contributed by atoms with Gasteiger partial charge in [0.15, 0.2) is 0 Å². The molecule has 24 heavy (non-hydrogen) atoms. The van der Waals surface area contributed by atoms with E-state index in [1.54, 1.807) is 13.2 Å². The number of benzene rings is 2. The molecule has 0 radical (unpaired) electrons. The number of amides is 1. The summed E-state index contributed by atoms with van der Waals surface area (Å²) in [6, 6.07) is 15.1. The summed E-state index contributed by atoms with van der Waals surface area (Å²) in [5.41, 5.74) is 8.28. The van der Waals surface area contributed by atoms with Crippen LogP contribution in [0.3, 0.4) is 0 Å². The molecule has 0 fully saturated rings. The van der Waals surface area contributed by atoms with Crippen molar-refractivity contribution in [2.24, 2.45) is 0 Å². The van der Waals surface area contributed by atoms with Gasteiger partial charge in [0, 0.05) is 23.9 Å². The van der Waals surface area contributed by atoms with Crippen molar-refractivity contribution in [2.45, 2.75) is 13.0 Å². The molecule has 0 heterocycles. The standard InChI is InChI=1S/C19H22N2O3/c1-23-18-13-17(20)11-10-16(18)9-5-6-12-21-19(22)24-14-15-7-3-2-4-8-15/h2-5,7-11,13H,6,12,14,20H2,1H3,(H,21,22). The Kier molecular flexibility index (Phi) is 6.71. The monoisotopic (exact) mass is 326 g/mol. The maximum atomic E-state index is 11.6. The molecular formula is C19H22N2O3. The lowest BCUT2D eigenvalue weighted by atomic mass is 10.1. The first-order valence-electron chi connectivity index (χ1n) is 7.73. The van der Waals surface area contributed by atoms with Crippen molar-refractivity contribution in [3.63, 3.8) is 0 Å². The van der Waals surface area contributed by atoms with Crippen LogP contribution in [0.15, 0.2) is 54.6 Å². The number of nitrogens with one attached hydrogen (secondary N) is 1. The molecular weight excluding hydrogens is 304 g/mol. The fourth-order valence-corrected chi connectivity index (χ4v) is 2.11. The molecule has 0 aliphatic carbocycles. The third-order valence-electron chi connectivity index (χ3n) is 3.35. The van der Waals surface area contributed by atoms with E-state index in [9.17, 15) is 4.79 Å². The first-order chi connectivity index (χ1) is 11.7. The average molecular weight is 326 g/mol. The van der Waals surface area contributed by atoms with Gasteiger partial charge in [-0.2, -0.15) is 0 Å². The second-order valence-electron chi connectivity index (χ2n) is 5.18. The predicted molar refractivity (Wildman–Crippen MR) is 95.7 cm³/mol. The number of rotatable bonds is 7. The molecule has 1 amide bonds. The van der Waals surface area contributed by atoms with E-state index in [0.717, 1.165) is 16.9 Å². The summed E-state index contributed by atoms with van der Waals surface area (Å²) in [7, 11) is 1.61. The number of anilines is 1. The molecule has 0 atom stereocenters. The second kappa shape index (κ2) is 9.25. The smallest absolute Gasteiger partial charge is 0.407 e. The zero-order valence-corrected chi connectivity index (χ0v) is 13.7. The van der Waals surface area contributed by atoms with Gasteiger partial charge in [0.1, 0.15) is 12.4 Å². The Morgan fingerprint density at radius 3 is 2.75 bits per heavy atom. The normalized spacial score (nSPS) is 10.5. The number of methoxy groups -OCH3 is 1. The molecule has 0 bridgehead atoms. The SMILES string of the molecule is COc1cc(N)ccc1C=CCCNC(=O)OCc1ccccc1. The van der Waals surface area contributed by atoms with Crippen LogP contribution in [0, 0.1) is 0 Å². The average Bonchev–Trinajstić information content (AvgIpc) is 2.61. The Morgan fingerprint density at radius 2 is 2.00 bits per heavy atom. The van der Waals surface area contributed by atoms with Crippen LogP contribution in [-0.2, 0) is 11.3 Å². The highest BCUT2D eigenvalue weighted by atomic mass is 16.5. The number of carbonyl (C=O) groups excluding carboxylic acids is 1. The minimum atomic E-state index is -0.419. The summed E-state index contributed by atoms with van der Waals surface area (Å²) in [4.78, 5) is 11.6. The van der Waals surface area contributed by atoms with Gasteiger partial charge in [0.25, 0.3) is 0 Å². The third-order valence-corrected chi connectivity index (χ3v) is 3.35. The Bertz CT molecular complexity index is 684. The zero-order valence-electron chi connectivity index (χ0n) is 13.7. The van der Waals surface area contributed by atoms with Gasteiger partial charge in [-0.25, -0.2) is 4.79 Å². The fourth-order valence-electron chi connectivity index (χ4n) is 2.11. The number of nitrogens with two attached hydrogens (primary N) is 1. The number of carbonyl (C=O) groups is 1.